The maximum atomic E-state index is 13.2. The van der Waals surface area contributed by atoms with Crippen LogP contribution in [0.5, 0.6) is 0 Å². The molecule has 0 atom stereocenters. The first-order valence-electron chi connectivity index (χ1n) is 5.91. The molecule has 3 rings (SSSR count). The minimum atomic E-state index is -0.858. The van der Waals surface area contributed by atoms with Crippen LogP contribution in [0.4, 0.5) is 14.5 Å². The summed E-state index contributed by atoms with van der Waals surface area (Å²) in [5.74, 6) is -1.71. The Kier molecular flexibility index (Phi) is 3.28. The van der Waals surface area contributed by atoms with Crippen molar-refractivity contribution in [3.63, 3.8) is 0 Å². The van der Waals surface area contributed by atoms with E-state index in [1.165, 1.54) is 17.8 Å². The second-order valence-corrected chi connectivity index (χ2v) is 5.37. The largest absolute Gasteiger partial charge is 0.399 e. The molecule has 1 aromatic heterocycles. The van der Waals surface area contributed by atoms with E-state index in [1.54, 1.807) is 6.07 Å². The van der Waals surface area contributed by atoms with Gasteiger partial charge in [0.25, 0.3) is 0 Å². The van der Waals surface area contributed by atoms with E-state index < -0.39 is 11.6 Å². The number of benzene rings is 2. The molecule has 0 fully saturated rings. The zero-order chi connectivity index (χ0) is 14.1. The predicted molar refractivity (Wildman–Crippen MR) is 76.6 cm³/mol. The first kappa shape index (κ1) is 12.9. The van der Waals surface area contributed by atoms with E-state index in [1.807, 2.05) is 24.3 Å². The van der Waals surface area contributed by atoms with Gasteiger partial charge in [-0.2, -0.15) is 0 Å². The maximum absolute atomic E-state index is 13.2. The highest BCUT2D eigenvalue weighted by Crippen LogP contribution is 2.29. The first-order valence-corrected chi connectivity index (χ1v) is 6.73. The molecule has 2 aromatic carbocycles. The van der Waals surface area contributed by atoms with Crippen LogP contribution in [-0.2, 0) is 0 Å². The Bertz CT molecular complexity index is 790. The summed E-state index contributed by atoms with van der Waals surface area (Å²) in [6, 6.07) is 13.0. The molecule has 0 aliphatic heterocycles. The standard InChI is InChI=1S/C15H10F2N2S/c16-12-4-3-11(8-13(12)17)20-15-6-1-9-7-10(18)2-5-14(9)19-15/h1-8H,18H2. The van der Waals surface area contributed by atoms with Crippen molar-refractivity contribution in [2.45, 2.75) is 9.92 Å². The lowest BCUT2D eigenvalue weighted by Gasteiger charge is -2.04. The fraction of sp³-hybridized carbons (Fsp3) is 0. The van der Waals surface area contributed by atoms with E-state index in [0.717, 1.165) is 23.0 Å². The fourth-order valence-electron chi connectivity index (χ4n) is 1.84. The van der Waals surface area contributed by atoms with E-state index in [4.69, 9.17) is 5.73 Å². The van der Waals surface area contributed by atoms with Crippen LogP contribution in [0.15, 0.2) is 58.5 Å². The molecule has 0 radical (unpaired) electrons. The summed E-state index contributed by atoms with van der Waals surface area (Å²) in [6.07, 6.45) is 0. The number of anilines is 1. The lowest BCUT2D eigenvalue weighted by molar-refractivity contribution is 0.506. The molecule has 0 saturated carbocycles. The Morgan fingerprint density at radius 2 is 1.75 bits per heavy atom. The number of rotatable bonds is 2. The van der Waals surface area contributed by atoms with Crippen LogP contribution in [0, 0.1) is 11.6 Å². The van der Waals surface area contributed by atoms with Crippen LogP contribution in [0.2, 0.25) is 0 Å². The molecule has 0 aliphatic rings. The molecule has 0 saturated heterocycles. The van der Waals surface area contributed by atoms with E-state index in [-0.39, 0.29) is 0 Å². The third kappa shape index (κ3) is 2.58. The van der Waals surface area contributed by atoms with Gasteiger partial charge >= 0.3 is 0 Å². The summed E-state index contributed by atoms with van der Waals surface area (Å²) in [7, 11) is 0. The van der Waals surface area contributed by atoms with E-state index in [0.29, 0.717) is 15.6 Å². The van der Waals surface area contributed by atoms with Crippen molar-refractivity contribution >= 4 is 28.4 Å². The highest BCUT2D eigenvalue weighted by Gasteiger charge is 2.05. The molecule has 5 heteroatoms. The Balaban J connectivity index is 1.94. The SMILES string of the molecule is Nc1ccc2nc(Sc3ccc(F)c(F)c3)ccc2c1. The lowest BCUT2D eigenvalue weighted by atomic mass is 10.2. The number of nitrogens with two attached hydrogens (primary N) is 1. The molecule has 0 aliphatic carbocycles. The van der Waals surface area contributed by atoms with Crippen LogP contribution in [0.3, 0.4) is 0 Å². The smallest absolute Gasteiger partial charge is 0.159 e. The third-order valence-electron chi connectivity index (χ3n) is 2.80. The topological polar surface area (TPSA) is 38.9 Å². The summed E-state index contributed by atoms with van der Waals surface area (Å²) in [4.78, 5) is 5.06. The van der Waals surface area contributed by atoms with Crippen LogP contribution in [0.25, 0.3) is 10.9 Å². The van der Waals surface area contributed by atoms with Gasteiger partial charge in [0.2, 0.25) is 0 Å². The molecule has 2 N–H and O–H groups in total. The minimum absolute atomic E-state index is 0.603. The monoisotopic (exact) mass is 288 g/mol. The van der Waals surface area contributed by atoms with Gasteiger partial charge < -0.3 is 5.73 Å². The van der Waals surface area contributed by atoms with Crippen molar-refractivity contribution in [1.29, 1.82) is 0 Å². The summed E-state index contributed by atoms with van der Waals surface area (Å²) in [5.41, 5.74) is 7.20. The Morgan fingerprint density at radius 3 is 2.55 bits per heavy atom. The van der Waals surface area contributed by atoms with Crippen LogP contribution >= 0.6 is 11.8 Å². The average Bonchev–Trinajstić information content (AvgIpc) is 2.43. The summed E-state index contributed by atoms with van der Waals surface area (Å²) < 4.78 is 26.0. The van der Waals surface area contributed by atoms with Gasteiger partial charge in [0.15, 0.2) is 11.6 Å². The number of hydrogen-bond donors (Lipinski definition) is 1. The predicted octanol–water partition coefficient (Wildman–Crippen LogP) is 4.25. The quantitative estimate of drug-likeness (QED) is 0.717. The lowest BCUT2D eigenvalue weighted by Crippen LogP contribution is -1.88. The zero-order valence-electron chi connectivity index (χ0n) is 10.3. The van der Waals surface area contributed by atoms with Gasteiger partial charge in [-0.3, -0.25) is 0 Å². The highest BCUT2D eigenvalue weighted by molar-refractivity contribution is 7.99. The summed E-state index contributed by atoms with van der Waals surface area (Å²) >= 11 is 1.28. The van der Waals surface area contributed by atoms with Crippen LogP contribution in [-0.4, -0.2) is 4.98 Å². The van der Waals surface area contributed by atoms with Crippen molar-refractivity contribution in [1.82, 2.24) is 4.98 Å². The van der Waals surface area contributed by atoms with Gasteiger partial charge in [0, 0.05) is 16.0 Å². The number of nitrogens with zero attached hydrogens (tertiary/aromatic N) is 1. The van der Waals surface area contributed by atoms with Gasteiger partial charge in [0.1, 0.15) is 5.03 Å². The van der Waals surface area contributed by atoms with Crippen molar-refractivity contribution in [2.75, 3.05) is 5.73 Å². The normalized spacial score (nSPS) is 10.9. The van der Waals surface area contributed by atoms with Gasteiger partial charge in [-0.05, 0) is 42.5 Å². The molecule has 2 nitrogen and oxygen atoms in total. The second-order valence-electron chi connectivity index (χ2n) is 4.28. The zero-order valence-corrected chi connectivity index (χ0v) is 11.1. The molecule has 20 heavy (non-hydrogen) atoms. The number of aromatic nitrogens is 1. The van der Waals surface area contributed by atoms with E-state index in [2.05, 4.69) is 4.98 Å². The number of pyridine rings is 1. The Hall–Kier alpha value is -2.14. The van der Waals surface area contributed by atoms with Crippen LogP contribution < -0.4 is 5.73 Å². The molecular formula is C15H10F2N2S. The Labute approximate surface area is 118 Å². The third-order valence-corrected chi connectivity index (χ3v) is 3.73. The molecule has 0 bridgehead atoms. The molecule has 0 spiro atoms. The molecule has 0 amide bonds. The van der Waals surface area contributed by atoms with Gasteiger partial charge in [0.05, 0.1) is 5.52 Å². The van der Waals surface area contributed by atoms with E-state index >= 15 is 0 Å². The van der Waals surface area contributed by atoms with Crippen molar-refractivity contribution in [2.24, 2.45) is 0 Å². The van der Waals surface area contributed by atoms with Gasteiger partial charge in [-0.15, -0.1) is 0 Å². The molecule has 100 valence electrons. The van der Waals surface area contributed by atoms with Crippen molar-refractivity contribution < 1.29 is 8.78 Å². The maximum Gasteiger partial charge on any atom is 0.159 e. The Morgan fingerprint density at radius 1 is 0.900 bits per heavy atom. The van der Waals surface area contributed by atoms with Gasteiger partial charge in [-0.1, -0.05) is 17.8 Å². The number of halogens is 2. The van der Waals surface area contributed by atoms with Crippen LogP contribution in [0.1, 0.15) is 0 Å². The number of nitrogen functional groups attached to an aromatic ring is 1. The van der Waals surface area contributed by atoms with Crippen molar-refractivity contribution in [3.8, 4) is 0 Å². The number of hydrogen-bond acceptors (Lipinski definition) is 3. The molecule has 0 unspecified atom stereocenters. The number of fused-ring (bicyclic) bond motifs is 1. The minimum Gasteiger partial charge on any atom is -0.399 e. The fourth-order valence-corrected chi connectivity index (χ4v) is 2.66. The van der Waals surface area contributed by atoms with Gasteiger partial charge in [-0.25, -0.2) is 13.8 Å². The first-order chi connectivity index (χ1) is 9.61. The second kappa shape index (κ2) is 5.09. The van der Waals surface area contributed by atoms with E-state index in [9.17, 15) is 8.78 Å². The highest BCUT2D eigenvalue weighted by atomic mass is 32.2. The molecule has 1 heterocycles. The average molecular weight is 288 g/mol. The molecular weight excluding hydrogens is 278 g/mol. The van der Waals surface area contributed by atoms with Crippen molar-refractivity contribution in [3.05, 3.63) is 60.2 Å². The summed E-state index contributed by atoms with van der Waals surface area (Å²) in [5, 5.41) is 1.66. The summed E-state index contributed by atoms with van der Waals surface area (Å²) in [6.45, 7) is 0. The molecule has 3 aromatic rings.